The number of nitrogens with zero attached hydrogens (tertiary/aromatic N) is 2. The summed E-state index contributed by atoms with van der Waals surface area (Å²) in [5.41, 5.74) is 2.10. The summed E-state index contributed by atoms with van der Waals surface area (Å²) in [6.45, 7) is 4.92. The molecule has 2 aromatic carbocycles. The van der Waals surface area contributed by atoms with E-state index in [0.29, 0.717) is 24.7 Å². The van der Waals surface area contributed by atoms with Gasteiger partial charge in [0, 0.05) is 25.6 Å². The number of aromatic nitrogens is 1. The van der Waals surface area contributed by atoms with Crippen molar-refractivity contribution < 1.29 is 19.0 Å². The number of carbonyl (C=O) groups is 1. The predicted octanol–water partition coefficient (Wildman–Crippen LogP) is 4.29. The van der Waals surface area contributed by atoms with Gasteiger partial charge in [-0.05, 0) is 62.1 Å². The van der Waals surface area contributed by atoms with E-state index in [1.165, 1.54) is 0 Å². The Bertz CT molecular complexity index is 1090. The van der Waals surface area contributed by atoms with Crippen LogP contribution in [0.2, 0.25) is 0 Å². The number of anilines is 1. The van der Waals surface area contributed by atoms with Crippen LogP contribution in [-0.2, 0) is 11.2 Å². The second-order valence-electron chi connectivity index (χ2n) is 8.05. The summed E-state index contributed by atoms with van der Waals surface area (Å²) in [6, 6.07) is 11.9. The first-order chi connectivity index (χ1) is 16.1. The minimum atomic E-state index is 0.0468. The normalized spacial score (nSPS) is 14.3. The van der Waals surface area contributed by atoms with E-state index < -0.39 is 0 Å². The van der Waals surface area contributed by atoms with Gasteiger partial charge in [0.25, 0.3) is 0 Å². The summed E-state index contributed by atoms with van der Waals surface area (Å²) in [7, 11) is 3.25. The van der Waals surface area contributed by atoms with Gasteiger partial charge in [0.15, 0.2) is 16.6 Å². The number of thiazole rings is 1. The second-order valence-corrected chi connectivity index (χ2v) is 9.06. The Hall–Kier alpha value is -3.00. The number of rotatable bonds is 9. The highest BCUT2D eigenvalue weighted by Gasteiger charge is 2.26. The smallest absolute Gasteiger partial charge is 0.223 e. The van der Waals surface area contributed by atoms with E-state index in [4.69, 9.17) is 19.2 Å². The van der Waals surface area contributed by atoms with Gasteiger partial charge in [-0.1, -0.05) is 17.4 Å². The van der Waals surface area contributed by atoms with Crippen molar-refractivity contribution in [3.8, 4) is 17.2 Å². The maximum absolute atomic E-state index is 12.7. The highest BCUT2D eigenvalue weighted by Crippen LogP contribution is 2.33. The number of benzene rings is 2. The summed E-state index contributed by atoms with van der Waals surface area (Å²) < 4.78 is 17.4. The summed E-state index contributed by atoms with van der Waals surface area (Å²) >= 11 is 1.69. The van der Waals surface area contributed by atoms with E-state index in [2.05, 4.69) is 16.3 Å². The average molecular weight is 470 g/mol. The number of hydrogen-bond donors (Lipinski definition) is 1. The molecule has 1 aliphatic heterocycles. The maximum atomic E-state index is 12.7. The molecule has 3 aromatic rings. The first-order valence-corrected chi connectivity index (χ1v) is 12.2. The van der Waals surface area contributed by atoms with Crippen LogP contribution in [0.4, 0.5) is 5.13 Å². The van der Waals surface area contributed by atoms with Crippen molar-refractivity contribution in [3.63, 3.8) is 0 Å². The van der Waals surface area contributed by atoms with Crippen molar-refractivity contribution in [1.29, 1.82) is 0 Å². The van der Waals surface area contributed by atoms with E-state index in [-0.39, 0.29) is 11.8 Å². The fraction of sp³-hybridized carbons (Fsp3) is 0.440. The molecule has 1 saturated heterocycles. The fourth-order valence-corrected chi connectivity index (χ4v) is 5.17. The molecule has 1 amide bonds. The molecule has 7 nitrogen and oxygen atoms in total. The molecular weight excluding hydrogens is 438 g/mol. The highest BCUT2D eigenvalue weighted by molar-refractivity contribution is 7.22. The van der Waals surface area contributed by atoms with E-state index in [9.17, 15) is 4.79 Å². The lowest BCUT2D eigenvalue weighted by atomic mass is 9.96. The molecular formula is C25H31N3O4S. The quantitative estimate of drug-likeness (QED) is 0.504. The summed E-state index contributed by atoms with van der Waals surface area (Å²) in [5.74, 6) is 2.48. The lowest BCUT2D eigenvalue weighted by molar-refractivity contribution is -0.125. The number of methoxy groups -OCH3 is 2. The van der Waals surface area contributed by atoms with Gasteiger partial charge in [-0.25, -0.2) is 4.98 Å². The van der Waals surface area contributed by atoms with E-state index in [0.717, 1.165) is 59.0 Å². The predicted molar refractivity (Wildman–Crippen MR) is 132 cm³/mol. The molecule has 1 aromatic heterocycles. The van der Waals surface area contributed by atoms with Crippen LogP contribution in [0.25, 0.3) is 10.2 Å². The number of nitrogens with one attached hydrogen (secondary N) is 1. The maximum Gasteiger partial charge on any atom is 0.223 e. The van der Waals surface area contributed by atoms with Gasteiger partial charge in [0.1, 0.15) is 5.75 Å². The van der Waals surface area contributed by atoms with Crippen LogP contribution in [0, 0.1) is 5.92 Å². The molecule has 176 valence electrons. The third-order valence-corrected chi connectivity index (χ3v) is 7.04. The summed E-state index contributed by atoms with van der Waals surface area (Å²) in [6.07, 6.45) is 2.42. The Kier molecular flexibility index (Phi) is 7.54. The van der Waals surface area contributed by atoms with Gasteiger partial charge in [-0.2, -0.15) is 0 Å². The molecule has 0 unspecified atom stereocenters. The molecule has 0 saturated carbocycles. The highest BCUT2D eigenvalue weighted by atomic mass is 32.1. The van der Waals surface area contributed by atoms with Gasteiger partial charge < -0.3 is 24.4 Å². The van der Waals surface area contributed by atoms with E-state index >= 15 is 0 Å². The molecule has 4 rings (SSSR count). The number of carbonyl (C=O) groups excluding carboxylic acids is 1. The van der Waals surface area contributed by atoms with Gasteiger partial charge in [-0.3, -0.25) is 4.79 Å². The van der Waals surface area contributed by atoms with Gasteiger partial charge in [0.05, 0.1) is 31.0 Å². The second kappa shape index (κ2) is 10.7. The lowest BCUT2D eigenvalue weighted by Crippen LogP contribution is -2.41. The molecule has 1 fully saturated rings. The van der Waals surface area contributed by atoms with Crippen molar-refractivity contribution in [1.82, 2.24) is 10.3 Å². The molecule has 0 atom stereocenters. The van der Waals surface area contributed by atoms with Crippen LogP contribution >= 0.6 is 11.3 Å². The minimum absolute atomic E-state index is 0.0468. The lowest BCUT2D eigenvalue weighted by Gasteiger charge is -2.31. The SMILES string of the molecule is CCOc1ccc2nc(N3CCC(C(=O)NCCc4ccc(OC)c(OC)c4)CC3)sc2c1. The zero-order chi connectivity index (χ0) is 23.2. The van der Waals surface area contributed by atoms with Crippen LogP contribution in [0.3, 0.4) is 0 Å². The number of hydrogen-bond acceptors (Lipinski definition) is 7. The standard InChI is InChI=1S/C25H31N3O4S/c1-4-32-19-6-7-20-23(16-19)33-25(27-20)28-13-10-18(11-14-28)24(29)26-12-9-17-5-8-21(30-2)22(15-17)31-3/h5-8,15-16,18H,4,9-14H2,1-3H3,(H,26,29). The van der Waals surface area contributed by atoms with Crippen molar-refractivity contribution in [3.05, 3.63) is 42.0 Å². The van der Waals surface area contributed by atoms with Gasteiger partial charge in [0.2, 0.25) is 5.91 Å². The van der Waals surface area contributed by atoms with E-state index in [1.54, 1.807) is 25.6 Å². The summed E-state index contributed by atoms with van der Waals surface area (Å²) in [4.78, 5) is 19.8. The first-order valence-electron chi connectivity index (χ1n) is 11.4. The zero-order valence-corrected chi connectivity index (χ0v) is 20.2. The van der Waals surface area contributed by atoms with Crippen LogP contribution in [0.5, 0.6) is 17.2 Å². The largest absolute Gasteiger partial charge is 0.494 e. The average Bonchev–Trinajstić information content (AvgIpc) is 3.27. The summed E-state index contributed by atoms with van der Waals surface area (Å²) in [5, 5.41) is 4.12. The van der Waals surface area contributed by atoms with Crippen LogP contribution < -0.4 is 24.4 Å². The number of fused-ring (bicyclic) bond motifs is 1. The van der Waals surface area contributed by atoms with Crippen molar-refractivity contribution in [2.75, 3.05) is 45.4 Å². The molecule has 8 heteroatoms. The molecule has 33 heavy (non-hydrogen) atoms. The molecule has 2 heterocycles. The van der Waals surface area contributed by atoms with Crippen LogP contribution in [0.15, 0.2) is 36.4 Å². The van der Waals surface area contributed by atoms with Gasteiger partial charge >= 0.3 is 0 Å². The van der Waals surface area contributed by atoms with Crippen LogP contribution in [0.1, 0.15) is 25.3 Å². The van der Waals surface area contributed by atoms with E-state index in [1.807, 2.05) is 37.3 Å². The van der Waals surface area contributed by atoms with Crippen molar-refractivity contribution >= 4 is 32.6 Å². The van der Waals surface area contributed by atoms with Crippen molar-refractivity contribution in [2.45, 2.75) is 26.2 Å². The fourth-order valence-electron chi connectivity index (χ4n) is 4.13. The number of ether oxygens (including phenoxy) is 3. The first kappa shape index (κ1) is 23.2. The molecule has 0 aliphatic carbocycles. The minimum Gasteiger partial charge on any atom is -0.494 e. The third-order valence-electron chi connectivity index (χ3n) is 5.96. The van der Waals surface area contributed by atoms with Gasteiger partial charge in [-0.15, -0.1) is 0 Å². The number of piperidine rings is 1. The molecule has 0 spiro atoms. The Morgan fingerprint density at radius 1 is 1.12 bits per heavy atom. The Labute approximate surface area is 198 Å². The third kappa shape index (κ3) is 5.50. The monoisotopic (exact) mass is 469 g/mol. The topological polar surface area (TPSA) is 72.9 Å². The zero-order valence-electron chi connectivity index (χ0n) is 19.4. The molecule has 1 aliphatic rings. The van der Waals surface area contributed by atoms with Crippen LogP contribution in [-0.4, -0.2) is 51.4 Å². The molecule has 0 bridgehead atoms. The Balaban J connectivity index is 1.26. The molecule has 1 N–H and O–H groups in total. The van der Waals surface area contributed by atoms with Crippen molar-refractivity contribution in [2.24, 2.45) is 5.92 Å². The number of amides is 1. The Morgan fingerprint density at radius 3 is 2.64 bits per heavy atom. The Morgan fingerprint density at radius 2 is 1.91 bits per heavy atom. The molecule has 0 radical (unpaired) electrons.